The fourth-order valence-corrected chi connectivity index (χ4v) is 4.69. The number of phenols is 1. The third kappa shape index (κ3) is 2.25. The number of hydrogen-bond donors (Lipinski definition) is 2. The fraction of sp³-hybridized carbons (Fsp3) is 0.538. The molecular weight excluding hydrogens is 302 g/mol. The van der Waals surface area contributed by atoms with Crippen molar-refractivity contribution < 1.29 is 18.3 Å². The second-order valence-electron chi connectivity index (χ2n) is 5.48. The first kappa shape index (κ1) is 15.4. The molecule has 20 heavy (non-hydrogen) atoms. The molecular formula is C13H18ClNO4S. The number of ether oxygens (including phenoxy) is 1. The SMILES string of the molecule is CC(C)([C@@H]1CCOC1)S(=O)(=O)c1c(Cl)ccc(N)c1O. The Balaban J connectivity index is 2.58. The number of phenolic OH excluding ortho intramolecular Hbond substituents is 1. The van der Waals surface area contributed by atoms with Gasteiger partial charge in [0.05, 0.1) is 22.1 Å². The van der Waals surface area contributed by atoms with Crippen molar-refractivity contribution >= 4 is 27.1 Å². The van der Waals surface area contributed by atoms with E-state index in [4.69, 9.17) is 22.1 Å². The van der Waals surface area contributed by atoms with Crippen LogP contribution in [0.3, 0.4) is 0 Å². The van der Waals surface area contributed by atoms with E-state index in [-0.39, 0.29) is 21.5 Å². The van der Waals surface area contributed by atoms with Gasteiger partial charge in [-0.1, -0.05) is 11.6 Å². The summed E-state index contributed by atoms with van der Waals surface area (Å²) in [6.07, 6.45) is 0.660. The minimum atomic E-state index is -3.85. The van der Waals surface area contributed by atoms with E-state index in [0.717, 1.165) is 0 Å². The Labute approximate surface area is 123 Å². The van der Waals surface area contributed by atoms with Crippen LogP contribution in [0.4, 0.5) is 5.69 Å². The molecule has 0 amide bonds. The van der Waals surface area contributed by atoms with E-state index in [0.29, 0.717) is 19.6 Å². The molecule has 1 aromatic carbocycles. The van der Waals surface area contributed by atoms with Gasteiger partial charge in [-0.05, 0) is 32.4 Å². The third-order valence-corrected chi connectivity index (χ3v) is 7.09. The second-order valence-corrected chi connectivity index (χ2v) is 8.36. The Hall–Kier alpha value is -0.980. The number of sulfone groups is 1. The standard InChI is InChI=1S/C13H18ClNO4S/c1-13(2,8-5-6-19-7-8)20(17,18)12-9(14)3-4-10(15)11(12)16/h3-4,8,16H,5-7,15H2,1-2H3/t8-/m1/s1. The largest absolute Gasteiger partial charge is 0.504 e. The fourth-order valence-electron chi connectivity index (χ4n) is 2.38. The maximum Gasteiger partial charge on any atom is 0.189 e. The number of rotatable bonds is 3. The van der Waals surface area contributed by atoms with Crippen LogP contribution in [0.5, 0.6) is 5.75 Å². The maximum atomic E-state index is 12.9. The third-order valence-electron chi connectivity index (χ3n) is 3.99. The molecule has 0 saturated carbocycles. The summed E-state index contributed by atoms with van der Waals surface area (Å²) in [6.45, 7) is 4.18. The van der Waals surface area contributed by atoms with Crippen molar-refractivity contribution in [3.63, 3.8) is 0 Å². The van der Waals surface area contributed by atoms with Gasteiger partial charge in [0.25, 0.3) is 0 Å². The number of benzene rings is 1. The van der Waals surface area contributed by atoms with Crippen molar-refractivity contribution in [3.8, 4) is 5.75 Å². The number of hydrogen-bond acceptors (Lipinski definition) is 5. The molecule has 7 heteroatoms. The molecule has 1 atom stereocenters. The lowest BCUT2D eigenvalue weighted by molar-refractivity contribution is 0.179. The number of nitrogen functional groups attached to an aromatic ring is 1. The van der Waals surface area contributed by atoms with Crippen LogP contribution in [-0.4, -0.2) is 31.5 Å². The van der Waals surface area contributed by atoms with Crippen LogP contribution in [0, 0.1) is 5.92 Å². The van der Waals surface area contributed by atoms with E-state index >= 15 is 0 Å². The van der Waals surface area contributed by atoms with E-state index < -0.39 is 20.3 Å². The molecule has 1 saturated heterocycles. The predicted octanol–water partition coefficient (Wildman–Crippen LogP) is 2.22. The van der Waals surface area contributed by atoms with Crippen molar-refractivity contribution in [1.29, 1.82) is 0 Å². The highest BCUT2D eigenvalue weighted by Crippen LogP contribution is 2.43. The van der Waals surface area contributed by atoms with E-state index in [1.165, 1.54) is 12.1 Å². The lowest BCUT2D eigenvalue weighted by Gasteiger charge is -2.31. The maximum absolute atomic E-state index is 12.9. The molecule has 112 valence electrons. The van der Waals surface area contributed by atoms with Gasteiger partial charge in [-0.25, -0.2) is 8.42 Å². The molecule has 1 aromatic rings. The van der Waals surface area contributed by atoms with Gasteiger partial charge in [0.1, 0.15) is 4.90 Å². The Morgan fingerprint density at radius 2 is 2.10 bits per heavy atom. The molecule has 1 heterocycles. The summed E-state index contributed by atoms with van der Waals surface area (Å²) in [6, 6.07) is 2.76. The Bertz CT molecular complexity index is 622. The van der Waals surface area contributed by atoms with Crippen molar-refractivity contribution in [2.45, 2.75) is 29.9 Å². The highest BCUT2D eigenvalue weighted by atomic mass is 35.5. The summed E-state index contributed by atoms with van der Waals surface area (Å²) in [5.74, 6) is -0.631. The first-order valence-electron chi connectivity index (χ1n) is 6.29. The average molecular weight is 320 g/mol. The molecule has 0 spiro atoms. The highest BCUT2D eigenvalue weighted by Gasteiger charge is 2.46. The van der Waals surface area contributed by atoms with Crippen LogP contribution in [0.2, 0.25) is 5.02 Å². The van der Waals surface area contributed by atoms with Gasteiger partial charge in [-0.3, -0.25) is 0 Å². The monoisotopic (exact) mass is 319 g/mol. The number of aromatic hydroxyl groups is 1. The van der Waals surface area contributed by atoms with Crippen LogP contribution < -0.4 is 5.73 Å². The van der Waals surface area contributed by atoms with E-state index in [1.54, 1.807) is 13.8 Å². The normalized spacial score (nSPS) is 20.2. The van der Waals surface area contributed by atoms with Gasteiger partial charge in [0.15, 0.2) is 15.6 Å². The van der Waals surface area contributed by atoms with E-state index in [1.807, 2.05) is 0 Å². The van der Waals surface area contributed by atoms with Crippen molar-refractivity contribution in [3.05, 3.63) is 17.2 Å². The van der Waals surface area contributed by atoms with Crippen molar-refractivity contribution in [2.75, 3.05) is 18.9 Å². The summed E-state index contributed by atoms with van der Waals surface area (Å²) in [5.41, 5.74) is 5.58. The molecule has 3 N–H and O–H groups in total. The summed E-state index contributed by atoms with van der Waals surface area (Å²) < 4.78 is 29.9. The smallest absolute Gasteiger partial charge is 0.189 e. The molecule has 1 aliphatic rings. The van der Waals surface area contributed by atoms with Crippen LogP contribution >= 0.6 is 11.6 Å². The Morgan fingerprint density at radius 1 is 1.45 bits per heavy atom. The number of anilines is 1. The molecule has 2 rings (SSSR count). The predicted molar refractivity (Wildman–Crippen MR) is 77.7 cm³/mol. The van der Waals surface area contributed by atoms with Gasteiger partial charge in [0, 0.05) is 12.5 Å². The molecule has 1 aliphatic heterocycles. The summed E-state index contributed by atoms with van der Waals surface area (Å²) >= 11 is 5.97. The second kappa shape index (κ2) is 5.09. The highest BCUT2D eigenvalue weighted by molar-refractivity contribution is 7.93. The molecule has 1 fully saturated rings. The summed E-state index contributed by atoms with van der Waals surface area (Å²) in [7, 11) is -3.85. The molecule has 0 aromatic heterocycles. The molecule has 0 unspecified atom stereocenters. The van der Waals surface area contributed by atoms with Crippen molar-refractivity contribution in [2.24, 2.45) is 5.92 Å². The zero-order valence-electron chi connectivity index (χ0n) is 11.4. The quantitative estimate of drug-likeness (QED) is 0.658. The lowest BCUT2D eigenvalue weighted by Crippen LogP contribution is -2.40. The summed E-state index contributed by atoms with van der Waals surface area (Å²) in [5, 5.41) is 9.98. The van der Waals surface area contributed by atoms with Gasteiger partial charge in [-0.2, -0.15) is 0 Å². The first-order chi connectivity index (χ1) is 9.19. The molecule has 0 aliphatic carbocycles. The van der Waals surface area contributed by atoms with Gasteiger partial charge >= 0.3 is 0 Å². The zero-order valence-corrected chi connectivity index (χ0v) is 13.0. The topological polar surface area (TPSA) is 89.6 Å². The van der Waals surface area contributed by atoms with Gasteiger partial charge in [-0.15, -0.1) is 0 Å². The Morgan fingerprint density at radius 3 is 2.65 bits per heavy atom. The van der Waals surface area contributed by atoms with Crippen LogP contribution in [0.15, 0.2) is 17.0 Å². The average Bonchev–Trinajstić information content (AvgIpc) is 2.88. The summed E-state index contributed by atoms with van der Waals surface area (Å²) in [4.78, 5) is -0.295. The minimum Gasteiger partial charge on any atom is -0.504 e. The zero-order chi connectivity index (χ0) is 15.1. The van der Waals surface area contributed by atoms with Crippen molar-refractivity contribution in [1.82, 2.24) is 0 Å². The minimum absolute atomic E-state index is 0.00792. The molecule has 0 radical (unpaired) electrons. The van der Waals surface area contributed by atoms with E-state index in [2.05, 4.69) is 0 Å². The van der Waals surface area contributed by atoms with Gasteiger partial charge < -0.3 is 15.6 Å². The molecule has 0 bridgehead atoms. The first-order valence-corrected chi connectivity index (χ1v) is 8.15. The number of nitrogens with two attached hydrogens (primary N) is 1. The van der Waals surface area contributed by atoms with Crippen LogP contribution in [-0.2, 0) is 14.6 Å². The van der Waals surface area contributed by atoms with E-state index in [9.17, 15) is 13.5 Å². The van der Waals surface area contributed by atoms with Crippen LogP contribution in [0.25, 0.3) is 0 Å². The van der Waals surface area contributed by atoms with Gasteiger partial charge in [0.2, 0.25) is 0 Å². The lowest BCUT2D eigenvalue weighted by atomic mass is 9.94. The number of halogens is 1. The molecule has 5 nitrogen and oxygen atoms in total. The Kier molecular flexibility index (Phi) is 3.92. The van der Waals surface area contributed by atoms with Crippen LogP contribution in [0.1, 0.15) is 20.3 Å².